The molecule has 0 unspecified atom stereocenters. The third-order valence-corrected chi connectivity index (χ3v) is 4.43. The van der Waals surface area contributed by atoms with Crippen LogP contribution in [-0.4, -0.2) is 17.9 Å². The third kappa shape index (κ3) is 4.66. The van der Waals surface area contributed by atoms with Crippen molar-refractivity contribution in [2.24, 2.45) is 4.99 Å². The number of aryl methyl sites for hydroxylation is 1. The molecule has 0 aromatic heterocycles. The number of phenolic OH excluding ortho intramolecular Hbond substituents is 1. The summed E-state index contributed by atoms with van der Waals surface area (Å²) in [5.41, 5.74) is 4.98. The number of phenols is 1. The third-order valence-electron chi connectivity index (χ3n) is 4.43. The van der Waals surface area contributed by atoms with Crippen molar-refractivity contribution in [1.82, 2.24) is 0 Å². The van der Waals surface area contributed by atoms with E-state index in [1.807, 2.05) is 38.3 Å². The smallest absolute Gasteiger partial charge is 0.123 e. The van der Waals surface area contributed by atoms with Crippen LogP contribution in [0.1, 0.15) is 69.7 Å². The summed E-state index contributed by atoms with van der Waals surface area (Å²) >= 11 is 0. The molecule has 2 rings (SSSR count). The van der Waals surface area contributed by atoms with Crippen molar-refractivity contribution in [3.63, 3.8) is 0 Å². The molecule has 3 nitrogen and oxygen atoms in total. The molecule has 3 heteroatoms. The topological polar surface area (TPSA) is 41.8 Å². The molecule has 0 bridgehead atoms. The van der Waals surface area contributed by atoms with Crippen molar-refractivity contribution in [3.8, 4) is 11.5 Å². The van der Waals surface area contributed by atoms with Gasteiger partial charge in [0.15, 0.2) is 0 Å². The van der Waals surface area contributed by atoms with Crippen LogP contribution in [0.2, 0.25) is 0 Å². The van der Waals surface area contributed by atoms with Gasteiger partial charge in [-0.2, -0.15) is 0 Å². The number of nitrogens with zero attached hydrogens (tertiary/aromatic N) is 1. The van der Waals surface area contributed by atoms with Gasteiger partial charge in [-0.3, -0.25) is 4.99 Å². The Morgan fingerprint density at radius 1 is 1.15 bits per heavy atom. The monoisotopic (exact) mass is 353 g/mol. The van der Waals surface area contributed by atoms with Crippen LogP contribution in [0.5, 0.6) is 11.5 Å². The Morgan fingerprint density at radius 2 is 1.85 bits per heavy atom. The highest BCUT2D eigenvalue weighted by molar-refractivity contribution is 5.83. The molecule has 0 atom stereocenters. The Hall–Kier alpha value is -2.29. The van der Waals surface area contributed by atoms with Crippen LogP contribution in [0.3, 0.4) is 0 Å². The molecular formula is C23H31NO2. The zero-order valence-electron chi connectivity index (χ0n) is 17.1. The van der Waals surface area contributed by atoms with E-state index in [2.05, 4.69) is 45.7 Å². The van der Waals surface area contributed by atoms with Gasteiger partial charge in [-0.05, 0) is 72.2 Å². The van der Waals surface area contributed by atoms with E-state index in [9.17, 15) is 5.11 Å². The number of benzene rings is 2. The van der Waals surface area contributed by atoms with E-state index in [1.165, 1.54) is 5.56 Å². The van der Waals surface area contributed by atoms with E-state index >= 15 is 0 Å². The lowest BCUT2D eigenvalue weighted by Gasteiger charge is -2.23. The molecule has 0 aliphatic carbocycles. The maximum atomic E-state index is 10.1. The molecule has 1 N–H and O–H groups in total. The first kappa shape index (κ1) is 20.0. The average molecular weight is 354 g/mol. The van der Waals surface area contributed by atoms with Gasteiger partial charge in [-0.15, -0.1) is 0 Å². The number of hydrogen-bond acceptors (Lipinski definition) is 3. The van der Waals surface area contributed by atoms with Gasteiger partial charge in [0.1, 0.15) is 11.5 Å². The molecule has 0 spiro atoms. The van der Waals surface area contributed by atoms with Crippen LogP contribution in [-0.2, 0) is 5.41 Å². The Morgan fingerprint density at radius 3 is 2.42 bits per heavy atom. The summed E-state index contributed by atoms with van der Waals surface area (Å²) in [4.78, 5) is 4.68. The van der Waals surface area contributed by atoms with E-state index in [1.54, 1.807) is 6.07 Å². The normalized spacial score (nSPS) is 12.2. The number of rotatable bonds is 5. The van der Waals surface area contributed by atoms with Gasteiger partial charge in [0.05, 0.1) is 12.3 Å². The summed E-state index contributed by atoms with van der Waals surface area (Å²) in [5.74, 6) is 1.52. The lowest BCUT2D eigenvalue weighted by molar-refractivity contribution is 0.330. The SMILES string of the molecule is CCOc1ccc(C=Nc2cc(C(C)C)c(O)cc2C)cc1C(C)(C)C. The number of aliphatic imine (C=N–C) groups is 1. The van der Waals surface area contributed by atoms with Crippen LogP contribution in [0.4, 0.5) is 5.69 Å². The summed E-state index contributed by atoms with van der Waals surface area (Å²) in [5, 5.41) is 10.1. The van der Waals surface area contributed by atoms with Gasteiger partial charge in [0.25, 0.3) is 0 Å². The van der Waals surface area contributed by atoms with Crippen LogP contribution in [0.25, 0.3) is 0 Å². The minimum absolute atomic E-state index is 0.00633. The molecule has 0 saturated heterocycles. The van der Waals surface area contributed by atoms with E-state index in [4.69, 9.17) is 4.74 Å². The molecule has 0 saturated carbocycles. The van der Waals surface area contributed by atoms with E-state index < -0.39 is 0 Å². The number of hydrogen-bond donors (Lipinski definition) is 1. The standard InChI is InChI=1S/C23H31NO2/c1-8-26-22-10-9-17(12-19(22)23(5,6)7)14-24-20-13-18(15(2)3)21(25)11-16(20)4/h9-15,25H,8H2,1-7H3. The Labute approximate surface area is 157 Å². The molecule has 0 aliphatic rings. The quantitative estimate of drug-likeness (QED) is 0.644. The van der Waals surface area contributed by atoms with Crippen molar-refractivity contribution in [2.45, 2.75) is 59.8 Å². The Bertz CT molecular complexity index is 799. The predicted octanol–water partition coefficient (Wildman–Crippen LogP) is 6.27. The Balaban J connectivity index is 2.41. The second-order valence-corrected chi connectivity index (χ2v) is 8.05. The lowest BCUT2D eigenvalue weighted by atomic mass is 9.85. The summed E-state index contributed by atoms with van der Waals surface area (Å²) < 4.78 is 5.78. The first-order valence-electron chi connectivity index (χ1n) is 9.28. The molecule has 0 amide bonds. The molecule has 2 aromatic carbocycles. The molecular weight excluding hydrogens is 322 g/mol. The van der Waals surface area contributed by atoms with Crippen molar-refractivity contribution in [1.29, 1.82) is 0 Å². The maximum absolute atomic E-state index is 10.1. The van der Waals surface area contributed by atoms with Crippen LogP contribution >= 0.6 is 0 Å². The molecule has 0 aliphatic heterocycles. The minimum atomic E-state index is -0.00633. The summed E-state index contributed by atoms with van der Waals surface area (Å²) in [6, 6.07) is 9.97. The fourth-order valence-corrected chi connectivity index (χ4v) is 2.94. The molecule has 0 heterocycles. The number of ether oxygens (including phenoxy) is 1. The van der Waals surface area contributed by atoms with Crippen LogP contribution < -0.4 is 4.74 Å². The van der Waals surface area contributed by atoms with Gasteiger partial charge in [0, 0.05) is 11.8 Å². The van der Waals surface area contributed by atoms with Gasteiger partial charge in [-0.1, -0.05) is 34.6 Å². The van der Waals surface area contributed by atoms with Crippen molar-refractivity contribution >= 4 is 11.9 Å². The molecule has 0 fully saturated rings. The largest absolute Gasteiger partial charge is 0.508 e. The van der Waals surface area contributed by atoms with Crippen molar-refractivity contribution in [3.05, 3.63) is 52.6 Å². The summed E-state index contributed by atoms with van der Waals surface area (Å²) in [6.45, 7) is 15.3. The van der Waals surface area contributed by atoms with Gasteiger partial charge < -0.3 is 9.84 Å². The zero-order chi connectivity index (χ0) is 19.5. The summed E-state index contributed by atoms with van der Waals surface area (Å²) in [7, 11) is 0. The predicted molar refractivity (Wildman–Crippen MR) is 110 cm³/mol. The fraction of sp³-hybridized carbons (Fsp3) is 0.435. The maximum Gasteiger partial charge on any atom is 0.123 e. The molecule has 2 aromatic rings. The highest BCUT2D eigenvalue weighted by Gasteiger charge is 2.19. The highest BCUT2D eigenvalue weighted by atomic mass is 16.5. The second-order valence-electron chi connectivity index (χ2n) is 8.05. The van der Waals surface area contributed by atoms with Crippen molar-refractivity contribution in [2.75, 3.05) is 6.61 Å². The second kappa shape index (κ2) is 7.94. The molecule has 140 valence electrons. The van der Waals surface area contributed by atoms with Crippen molar-refractivity contribution < 1.29 is 9.84 Å². The Kier molecular flexibility index (Phi) is 6.12. The first-order chi connectivity index (χ1) is 12.1. The van der Waals surface area contributed by atoms with E-state index in [0.717, 1.165) is 28.1 Å². The number of aromatic hydroxyl groups is 1. The van der Waals surface area contributed by atoms with Crippen LogP contribution in [0, 0.1) is 6.92 Å². The first-order valence-corrected chi connectivity index (χ1v) is 9.28. The molecule has 0 radical (unpaired) electrons. The van der Waals surface area contributed by atoms with Gasteiger partial charge in [-0.25, -0.2) is 0 Å². The van der Waals surface area contributed by atoms with E-state index in [0.29, 0.717) is 12.4 Å². The average Bonchev–Trinajstić information content (AvgIpc) is 2.54. The fourth-order valence-electron chi connectivity index (χ4n) is 2.94. The lowest BCUT2D eigenvalue weighted by Crippen LogP contribution is -2.14. The van der Waals surface area contributed by atoms with Gasteiger partial charge >= 0.3 is 0 Å². The zero-order valence-corrected chi connectivity index (χ0v) is 17.1. The van der Waals surface area contributed by atoms with E-state index in [-0.39, 0.29) is 11.3 Å². The summed E-state index contributed by atoms with van der Waals surface area (Å²) in [6.07, 6.45) is 1.88. The highest BCUT2D eigenvalue weighted by Crippen LogP contribution is 2.34. The van der Waals surface area contributed by atoms with Gasteiger partial charge in [0.2, 0.25) is 0 Å². The van der Waals surface area contributed by atoms with Crippen LogP contribution in [0.15, 0.2) is 35.3 Å². The molecule has 26 heavy (non-hydrogen) atoms. The minimum Gasteiger partial charge on any atom is -0.508 e.